The van der Waals surface area contributed by atoms with E-state index in [0.717, 1.165) is 0 Å². The molecule has 0 unspecified atom stereocenters. The molecule has 0 aliphatic carbocycles. The van der Waals surface area contributed by atoms with E-state index in [1.807, 2.05) is 0 Å². The Hall–Kier alpha value is -2.16. The van der Waals surface area contributed by atoms with Gasteiger partial charge in [-0.25, -0.2) is 13.2 Å². The number of hydrogen-bond acceptors (Lipinski definition) is 7. The van der Waals surface area contributed by atoms with Crippen LogP contribution in [-0.2, 0) is 19.4 Å². The highest BCUT2D eigenvalue weighted by Crippen LogP contribution is 2.18. The summed E-state index contributed by atoms with van der Waals surface area (Å²) in [7, 11) is -3.10. The minimum Gasteiger partial charge on any atom is -0.482 e. The maximum Gasteiger partial charge on any atom is 0.344 e. The van der Waals surface area contributed by atoms with Crippen molar-refractivity contribution in [2.45, 2.75) is 12.5 Å². The van der Waals surface area contributed by atoms with Crippen molar-refractivity contribution >= 4 is 21.5 Å². The fourth-order valence-electron chi connectivity index (χ4n) is 1.88. The number of esters is 1. The maximum atomic E-state index is 11.5. The number of nitro groups is 1. The third kappa shape index (κ3) is 4.42. The minimum absolute atomic E-state index is 0.0220. The van der Waals surface area contributed by atoms with Crippen molar-refractivity contribution in [3.8, 4) is 5.75 Å². The summed E-state index contributed by atoms with van der Waals surface area (Å²) >= 11 is 0. The van der Waals surface area contributed by atoms with E-state index < -0.39 is 26.8 Å². The predicted molar refractivity (Wildman–Crippen MR) is 71.7 cm³/mol. The van der Waals surface area contributed by atoms with Crippen LogP contribution in [0.3, 0.4) is 0 Å². The molecule has 8 nitrogen and oxygen atoms in total. The van der Waals surface area contributed by atoms with Gasteiger partial charge >= 0.3 is 5.97 Å². The molecule has 1 atom stereocenters. The number of sulfone groups is 1. The topological polar surface area (TPSA) is 113 Å². The number of carbonyl (C=O) groups excluding carboxylic acids is 1. The fourth-order valence-corrected chi connectivity index (χ4v) is 3.47. The Balaban J connectivity index is 1.80. The summed E-state index contributed by atoms with van der Waals surface area (Å²) in [6.07, 6.45) is -0.325. The summed E-state index contributed by atoms with van der Waals surface area (Å²) in [6, 6.07) is 5.24. The van der Waals surface area contributed by atoms with Crippen LogP contribution in [-0.4, -0.2) is 43.5 Å². The number of benzene rings is 1. The Kier molecular flexibility index (Phi) is 4.41. The first kappa shape index (κ1) is 15.2. The Morgan fingerprint density at radius 2 is 2.00 bits per heavy atom. The van der Waals surface area contributed by atoms with Gasteiger partial charge in [0.2, 0.25) is 0 Å². The number of hydrogen-bond donors (Lipinski definition) is 0. The van der Waals surface area contributed by atoms with Gasteiger partial charge in [-0.2, -0.15) is 0 Å². The number of nitro benzene ring substituents is 1. The van der Waals surface area contributed by atoms with E-state index in [1.165, 1.54) is 24.3 Å². The third-order valence-corrected chi connectivity index (χ3v) is 4.63. The zero-order valence-electron chi connectivity index (χ0n) is 10.9. The van der Waals surface area contributed by atoms with Crippen molar-refractivity contribution in [2.75, 3.05) is 18.1 Å². The van der Waals surface area contributed by atoms with Crippen LogP contribution in [0.5, 0.6) is 5.75 Å². The normalized spacial score (nSPS) is 19.9. The van der Waals surface area contributed by atoms with Gasteiger partial charge in [0.25, 0.3) is 5.69 Å². The maximum absolute atomic E-state index is 11.5. The molecule has 2 rings (SSSR count). The fraction of sp³-hybridized carbons (Fsp3) is 0.417. The summed E-state index contributed by atoms with van der Waals surface area (Å²) in [5.74, 6) is -0.517. The Labute approximate surface area is 120 Å². The van der Waals surface area contributed by atoms with Gasteiger partial charge in [-0.3, -0.25) is 10.1 Å². The van der Waals surface area contributed by atoms with E-state index in [1.54, 1.807) is 0 Å². The number of carbonyl (C=O) groups is 1. The van der Waals surface area contributed by atoms with Gasteiger partial charge in [0.05, 0.1) is 16.4 Å². The van der Waals surface area contributed by atoms with Crippen LogP contribution >= 0.6 is 0 Å². The first-order chi connectivity index (χ1) is 9.85. The molecule has 9 heteroatoms. The van der Waals surface area contributed by atoms with Gasteiger partial charge in [0, 0.05) is 12.1 Å². The van der Waals surface area contributed by atoms with E-state index in [2.05, 4.69) is 0 Å². The molecule has 1 fully saturated rings. The summed E-state index contributed by atoms with van der Waals surface area (Å²) in [6.45, 7) is -0.381. The quantitative estimate of drug-likeness (QED) is 0.446. The number of non-ortho nitro benzene ring substituents is 1. The van der Waals surface area contributed by atoms with E-state index >= 15 is 0 Å². The highest BCUT2D eigenvalue weighted by molar-refractivity contribution is 7.91. The van der Waals surface area contributed by atoms with E-state index in [-0.39, 0.29) is 29.5 Å². The molecule has 0 radical (unpaired) electrons. The summed E-state index contributed by atoms with van der Waals surface area (Å²) < 4.78 is 32.5. The number of ether oxygens (including phenoxy) is 2. The van der Waals surface area contributed by atoms with Gasteiger partial charge < -0.3 is 9.47 Å². The van der Waals surface area contributed by atoms with Gasteiger partial charge in [0.15, 0.2) is 16.4 Å². The van der Waals surface area contributed by atoms with Crippen LogP contribution in [0.1, 0.15) is 6.42 Å². The molecule has 0 saturated carbocycles. The predicted octanol–water partition coefficient (Wildman–Crippen LogP) is 0.704. The molecule has 0 spiro atoms. The molecule has 1 aromatic rings. The van der Waals surface area contributed by atoms with Crippen molar-refractivity contribution in [1.29, 1.82) is 0 Å². The zero-order chi connectivity index (χ0) is 15.5. The lowest BCUT2D eigenvalue weighted by Crippen LogP contribution is -2.23. The number of rotatable bonds is 5. The van der Waals surface area contributed by atoms with E-state index in [9.17, 15) is 23.3 Å². The summed E-state index contributed by atoms with van der Waals surface area (Å²) in [4.78, 5) is 21.4. The van der Waals surface area contributed by atoms with Crippen LogP contribution in [0.4, 0.5) is 5.69 Å². The minimum atomic E-state index is -3.10. The second-order valence-electron chi connectivity index (χ2n) is 4.55. The molecule has 0 bridgehead atoms. The molecule has 114 valence electrons. The molecule has 0 aromatic heterocycles. The molecule has 1 saturated heterocycles. The monoisotopic (exact) mass is 315 g/mol. The van der Waals surface area contributed by atoms with Crippen LogP contribution in [0.15, 0.2) is 24.3 Å². The molecule has 0 N–H and O–H groups in total. The van der Waals surface area contributed by atoms with Crippen LogP contribution in [0, 0.1) is 10.1 Å². The first-order valence-electron chi connectivity index (χ1n) is 6.13. The van der Waals surface area contributed by atoms with Gasteiger partial charge in [0.1, 0.15) is 11.9 Å². The lowest BCUT2D eigenvalue weighted by molar-refractivity contribution is -0.384. The Morgan fingerprint density at radius 3 is 2.52 bits per heavy atom. The van der Waals surface area contributed by atoms with Crippen LogP contribution in [0.25, 0.3) is 0 Å². The lowest BCUT2D eigenvalue weighted by Gasteiger charge is -2.10. The average molecular weight is 315 g/mol. The van der Waals surface area contributed by atoms with E-state index in [4.69, 9.17) is 9.47 Å². The van der Waals surface area contributed by atoms with Crippen molar-refractivity contribution in [3.05, 3.63) is 34.4 Å². The van der Waals surface area contributed by atoms with Gasteiger partial charge in [-0.1, -0.05) is 0 Å². The van der Waals surface area contributed by atoms with Crippen molar-refractivity contribution in [3.63, 3.8) is 0 Å². The molecular weight excluding hydrogens is 302 g/mol. The molecule has 0 amide bonds. The van der Waals surface area contributed by atoms with Crippen LogP contribution < -0.4 is 4.74 Å². The molecule has 21 heavy (non-hydrogen) atoms. The van der Waals surface area contributed by atoms with Gasteiger partial charge in [-0.05, 0) is 18.6 Å². The standard InChI is InChI=1S/C12H13NO7S/c14-12(20-11-5-6-21(17,18)8-11)7-19-10-3-1-9(2-4-10)13(15)16/h1-4,11H,5-8H2/t11-/m0/s1. The summed E-state index contributed by atoms with van der Waals surface area (Å²) in [5.41, 5.74) is -0.0823. The van der Waals surface area contributed by atoms with Crippen molar-refractivity contribution < 1.29 is 27.6 Å². The first-order valence-corrected chi connectivity index (χ1v) is 7.95. The van der Waals surface area contributed by atoms with Crippen LogP contribution in [0.2, 0.25) is 0 Å². The third-order valence-electron chi connectivity index (χ3n) is 2.89. The lowest BCUT2D eigenvalue weighted by atomic mass is 10.3. The smallest absolute Gasteiger partial charge is 0.344 e. The Bertz CT molecular complexity index is 638. The summed E-state index contributed by atoms with van der Waals surface area (Å²) in [5, 5.41) is 10.5. The second-order valence-corrected chi connectivity index (χ2v) is 6.78. The molecule has 1 aliphatic rings. The van der Waals surface area contributed by atoms with Crippen molar-refractivity contribution in [1.82, 2.24) is 0 Å². The average Bonchev–Trinajstić information content (AvgIpc) is 2.76. The molecule has 1 aliphatic heterocycles. The van der Waals surface area contributed by atoms with Gasteiger partial charge in [-0.15, -0.1) is 0 Å². The second kappa shape index (κ2) is 6.08. The SMILES string of the molecule is O=C(COc1ccc([N+](=O)[O-])cc1)O[C@H]1CCS(=O)(=O)C1. The van der Waals surface area contributed by atoms with Crippen molar-refractivity contribution in [2.24, 2.45) is 0 Å². The zero-order valence-corrected chi connectivity index (χ0v) is 11.7. The largest absolute Gasteiger partial charge is 0.482 e. The highest BCUT2D eigenvalue weighted by atomic mass is 32.2. The molecular formula is C12H13NO7S. The molecule has 1 heterocycles. The number of nitrogens with zero attached hydrogens (tertiary/aromatic N) is 1. The van der Waals surface area contributed by atoms with E-state index in [0.29, 0.717) is 6.42 Å². The Morgan fingerprint density at radius 1 is 1.33 bits per heavy atom. The highest BCUT2D eigenvalue weighted by Gasteiger charge is 2.30. The molecule has 1 aromatic carbocycles.